The molecular formula is C20H25O6. The summed E-state index contributed by atoms with van der Waals surface area (Å²) in [6.07, 6.45) is 0. The van der Waals surface area contributed by atoms with E-state index in [-0.39, 0.29) is 5.92 Å². The van der Waals surface area contributed by atoms with Crippen molar-refractivity contribution in [2.24, 2.45) is 0 Å². The van der Waals surface area contributed by atoms with Gasteiger partial charge in [-0.2, -0.15) is 0 Å². The first-order chi connectivity index (χ1) is 12.5. The summed E-state index contributed by atoms with van der Waals surface area (Å²) in [5.41, 5.74) is 1.79. The maximum Gasteiger partial charge on any atom is 0.203 e. The van der Waals surface area contributed by atoms with Gasteiger partial charge in [-0.3, -0.25) is 0 Å². The summed E-state index contributed by atoms with van der Waals surface area (Å²) < 4.78 is 32.5. The van der Waals surface area contributed by atoms with Crippen LogP contribution in [0.5, 0.6) is 34.5 Å². The van der Waals surface area contributed by atoms with Gasteiger partial charge in [-0.05, 0) is 42.3 Å². The number of benzene rings is 2. The third kappa shape index (κ3) is 3.59. The lowest BCUT2D eigenvalue weighted by molar-refractivity contribution is 0.323. The summed E-state index contributed by atoms with van der Waals surface area (Å²) in [5, 5.41) is 0. The van der Waals surface area contributed by atoms with Crippen LogP contribution in [0.4, 0.5) is 0 Å². The largest absolute Gasteiger partial charge is 0.493 e. The molecule has 0 aromatic heterocycles. The van der Waals surface area contributed by atoms with E-state index in [0.717, 1.165) is 11.1 Å². The molecule has 2 aromatic rings. The van der Waals surface area contributed by atoms with Crippen LogP contribution in [0.25, 0.3) is 0 Å². The molecule has 0 heterocycles. The standard InChI is InChI=1S/C20H25O6/c1-12(13-8-15(21-2)19(25-6)16(9-13)22-3)14-10-17(23-4)20(26-7)18(11-14)24-5/h8-12H,1H2,2-7H3. The summed E-state index contributed by atoms with van der Waals surface area (Å²) in [4.78, 5) is 0. The van der Waals surface area contributed by atoms with Crippen LogP contribution in [-0.4, -0.2) is 42.7 Å². The van der Waals surface area contributed by atoms with Gasteiger partial charge in [0, 0.05) is 5.92 Å². The van der Waals surface area contributed by atoms with E-state index in [9.17, 15) is 0 Å². The zero-order valence-electron chi connectivity index (χ0n) is 16.0. The Morgan fingerprint density at radius 2 is 0.808 bits per heavy atom. The minimum absolute atomic E-state index is 0.225. The Balaban J connectivity index is 2.57. The molecule has 0 fully saturated rings. The predicted octanol–water partition coefficient (Wildman–Crippen LogP) is 3.70. The second kappa shape index (κ2) is 8.56. The van der Waals surface area contributed by atoms with Crippen LogP contribution in [0.1, 0.15) is 17.0 Å². The minimum atomic E-state index is -0.225. The van der Waals surface area contributed by atoms with Crippen molar-refractivity contribution in [1.29, 1.82) is 0 Å². The summed E-state index contributed by atoms with van der Waals surface area (Å²) in [7, 11) is 9.47. The van der Waals surface area contributed by atoms with E-state index in [4.69, 9.17) is 28.4 Å². The normalized spacial score (nSPS) is 10.5. The van der Waals surface area contributed by atoms with Crippen LogP contribution < -0.4 is 28.4 Å². The summed E-state index contributed by atoms with van der Waals surface area (Å²) in [6.45, 7) is 4.29. The Labute approximate surface area is 154 Å². The molecule has 0 spiro atoms. The molecule has 2 aromatic carbocycles. The lowest BCUT2D eigenvalue weighted by Crippen LogP contribution is -2.03. The van der Waals surface area contributed by atoms with Gasteiger partial charge in [-0.15, -0.1) is 0 Å². The third-order valence-corrected chi connectivity index (χ3v) is 4.18. The fraction of sp³-hybridized carbons (Fsp3) is 0.350. The molecule has 0 aliphatic rings. The van der Waals surface area contributed by atoms with Crippen molar-refractivity contribution in [3.05, 3.63) is 42.3 Å². The first kappa shape index (κ1) is 19.6. The molecule has 0 atom stereocenters. The lowest BCUT2D eigenvalue weighted by Gasteiger charge is -2.20. The third-order valence-electron chi connectivity index (χ3n) is 4.18. The van der Waals surface area contributed by atoms with Gasteiger partial charge in [-0.1, -0.05) is 0 Å². The highest BCUT2D eigenvalue weighted by molar-refractivity contribution is 5.59. The van der Waals surface area contributed by atoms with Crippen molar-refractivity contribution in [3.8, 4) is 34.5 Å². The molecule has 0 aliphatic heterocycles. The van der Waals surface area contributed by atoms with Crippen LogP contribution in [0.15, 0.2) is 24.3 Å². The fourth-order valence-electron chi connectivity index (χ4n) is 2.80. The zero-order chi connectivity index (χ0) is 19.3. The van der Waals surface area contributed by atoms with E-state index in [0.29, 0.717) is 34.5 Å². The first-order valence-corrected chi connectivity index (χ1v) is 7.97. The molecule has 26 heavy (non-hydrogen) atoms. The smallest absolute Gasteiger partial charge is 0.203 e. The molecule has 1 radical (unpaired) electrons. The molecule has 6 heteroatoms. The van der Waals surface area contributed by atoms with Crippen molar-refractivity contribution >= 4 is 0 Å². The van der Waals surface area contributed by atoms with Crippen molar-refractivity contribution in [3.63, 3.8) is 0 Å². The summed E-state index contributed by atoms with van der Waals surface area (Å²) in [5.74, 6) is 3.14. The fourth-order valence-corrected chi connectivity index (χ4v) is 2.80. The van der Waals surface area contributed by atoms with Crippen molar-refractivity contribution in [1.82, 2.24) is 0 Å². The lowest BCUT2D eigenvalue weighted by atomic mass is 9.92. The quantitative estimate of drug-likeness (QED) is 0.715. The Morgan fingerprint density at radius 3 is 1.00 bits per heavy atom. The molecule has 141 valence electrons. The van der Waals surface area contributed by atoms with Crippen molar-refractivity contribution < 1.29 is 28.4 Å². The van der Waals surface area contributed by atoms with Gasteiger partial charge >= 0.3 is 0 Å². The van der Waals surface area contributed by atoms with Crippen LogP contribution in [-0.2, 0) is 0 Å². The second-order valence-corrected chi connectivity index (χ2v) is 5.47. The highest BCUT2D eigenvalue weighted by Gasteiger charge is 2.21. The first-order valence-electron chi connectivity index (χ1n) is 7.97. The monoisotopic (exact) mass is 361 g/mol. The van der Waals surface area contributed by atoms with Gasteiger partial charge in [0.15, 0.2) is 23.0 Å². The molecule has 0 unspecified atom stereocenters. The summed E-state index contributed by atoms with van der Waals surface area (Å²) in [6, 6.07) is 7.51. The van der Waals surface area contributed by atoms with Gasteiger partial charge in [0.1, 0.15) is 0 Å². The molecule has 0 aliphatic carbocycles. The van der Waals surface area contributed by atoms with E-state index < -0.39 is 0 Å². The molecular weight excluding hydrogens is 336 g/mol. The van der Waals surface area contributed by atoms with Gasteiger partial charge in [0.05, 0.1) is 42.7 Å². The highest BCUT2D eigenvalue weighted by Crippen LogP contribution is 2.44. The Kier molecular flexibility index (Phi) is 6.44. The van der Waals surface area contributed by atoms with Gasteiger partial charge in [-0.25, -0.2) is 0 Å². The second-order valence-electron chi connectivity index (χ2n) is 5.47. The topological polar surface area (TPSA) is 55.4 Å². The van der Waals surface area contributed by atoms with Crippen LogP contribution in [0.2, 0.25) is 0 Å². The molecule has 0 amide bonds. The number of methoxy groups -OCH3 is 6. The zero-order valence-corrected chi connectivity index (χ0v) is 16.0. The Bertz CT molecular complexity index is 642. The van der Waals surface area contributed by atoms with Crippen LogP contribution >= 0.6 is 0 Å². The predicted molar refractivity (Wildman–Crippen MR) is 99.4 cm³/mol. The van der Waals surface area contributed by atoms with Crippen molar-refractivity contribution in [2.75, 3.05) is 42.7 Å². The van der Waals surface area contributed by atoms with E-state index in [2.05, 4.69) is 6.92 Å². The number of ether oxygens (including phenoxy) is 6. The minimum Gasteiger partial charge on any atom is -0.493 e. The maximum atomic E-state index is 5.43. The molecule has 0 bridgehead atoms. The van der Waals surface area contributed by atoms with Gasteiger partial charge in [0.2, 0.25) is 11.5 Å². The Hall–Kier alpha value is -2.76. The average molecular weight is 361 g/mol. The maximum absolute atomic E-state index is 5.43. The molecule has 0 saturated heterocycles. The average Bonchev–Trinajstić information content (AvgIpc) is 2.70. The molecule has 0 saturated carbocycles. The molecule has 0 N–H and O–H groups in total. The number of hydrogen-bond donors (Lipinski definition) is 0. The van der Waals surface area contributed by atoms with Gasteiger partial charge < -0.3 is 28.4 Å². The van der Waals surface area contributed by atoms with E-state index in [1.165, 1.54) is 0 Å². The summed E-state index contributed by atoms with van der Waals surface area (Å²) >= 11 is 0. The van der Waals surface area contributed by atoms with Gasteiger partial charge in [0.25, 0.3) is 0 Å². The Morgan fingerprint density at radius 1 is 0.538 bits per heavy atom. The highest BCUT2D eigenvalue weighted by atomic mass is 16.5. The van der Waals surface area contributed by atoms with E-state index >= 15 is 0 Å². The molecule has 6 nitrogen and oxygen atoms in total. The van der Waals surface area contributed by atoms with E-state index in [1.54, 1.807) is 42.7 Å². The number of hydrogen-bond acceptors (Lipinski definition) is 6. The van der Waals surface area contributed by atoms with Crippen LogP contribution in [0, 0.1) is 6.92 Å². The van der Waals surface area contributed by atoms with Crippen molar-refractivity contribution in [2.45, 2.75) is 5.92 Å². The molecule has 2 rings (SSSR count). The SMILES string of the molecule is [CH2]C(c1cc(OC)c(OC)c(OC)c1)c1cc(OC)c(OC)c(OC)c1. The van der Waals surface area contributed by atoms with E-state index in [1.807, 2.05) is 24.3 Å². The number of rotatable bonds is 8. The van der Waals surface area contributed by atoms with Crippen LogP contribution in [0.3, 0.4) is 0 Å².